The number of rotatable bonds is 5. The van der Waals surface area contributed by atoms with Crippen LogP contribution in [0.1, 0.15) is 5.56 Å². The van der Waals surface area contributed by atoms with Gasteiger partial charge < -0.3 is 9.64 Å². The van der Waals surface area contributed by atoms with Crippen LogP contribution in [0.25, 0.3) is 0 Å². The van der Waals surface area contributed by atoms with Crippen molar-refractivity contribution in [1.82, 2.24) is 0 Å². The second-order valence-electron chi connectivity index (χ2n) is 5.14. The Bertz CT molecular complexity index is 856. The molecular formula is C16H13ClF3N3O3. The molecule has 0 spiro atoms. The fourth-order valence-corrected chi connectivity index (χ4v) is 2.35. The van der Waals surface area contributed by atoms with Crippen molar-refractivity contribution < 1.29 is 22.8 Å². The van der Waals surface area contributed by atoms with Gasteiger partial charge in [0.25, 0.3) is 5.69 Å². The molecule has 26 heavy (non-hydrogen) atoms. The molecule has 0 aromatic heterocycles. The van der Waals surface area contributed by atoms with E-state index in [0.29, 0.717) is 0 Å². The third-order valence-corrected chi connectivity index (χ3v) is 3.59. The summed E-state index contributed by atoms with van der Waals surface area (Å²) in [5.41, 5.74) is -0.891. The Hall–Kier alpha value is -2.81. The van der Waals surface area contributed by atoms with Crippen molar-refractivity contribution in [3.63, 3.8) is 0 Å². The first-order chi connectivity index (χ1) is 12.1. The molecule has 2 rings (SSSR count). The molecule has 0 fully saturated rings. The van der Waals surface area contributed by atoms with Crippen LogP contribution in [-0.2, 0) is 6.18 Å². The molecule has 0 aliphatic heterocycles. The first-order valence-corrected chi connectivity index (χ1v) is 7.49. The molecule has 0 aliphatic rings. The highest BCUT2D eigenvalue weighted by Gasteiger charge is 2.31. The maximum Gasteiger partial charge on any atom is 0.416 e. The molecule has 0 aliphatic carbocycles. The van der Waals surface area contributed by atoms with Gasteiger partial charge in [0.2, 0.25) is 0 Å². The van der Waals surface area contributed by atoms with Crippen LogP contribution in [0.2, 0.25) is 5.02 Å². The zero-order chi connectivity index (χ0) is 19.5. The highest BCUT2D eigenvalue weighted by atomic mass is 35.5. The molecule has 138 valence electrons. The molecule has 0 saturated heterocycles. The van der Waals surface area contributed by atoms with Crippen molar-refractivity contribution in [3.8, 4) is 11.5 Å². The Morgan fingerprint density at radius 1 is 1.27 bits per heavy atom. The van der Waals surface area contributed by atoms with Gasteiger partial charge in [-0.15, -0.1) is 0 Å². The van der Waals surface area contributed by atoms with Crippen LogP contribution in [-0.4, -0.2) is 25.4 Å². The van der Waals surface area contributed by atoms with Gasteiger partial charge in [-0.2, -0.15) is 13.2 Å². The quantitative estimate of drug-likeness (QED) is 0.308. The van der Waals surface area contributed by atoms with Crippen molar-refractivity contribution in [3.05, 3.63) is 57.1 Å². The van der Waals surface area contributed by atoms with Gasteiger partial charge in [-0.3, -0.25) is 15.1 Å². The summed E-state index contributed by atoms with van der Waals surface area (Å²) in [4.78, 5) is 15.8. The summed E-state index contributed by atoms with van der Waals surface area (Å²) in [6.07, 6.45) is -3.15. The average Bonchev–Trinajstić information content (AvgIpc) is 2.55. The monoisotopic (exact) mass is 387 g/mol. The SMILES string of the molecule is CN=CN(C)c1cc(Oc2ccc(C(F)(F)F)cc2Cl)ccc1[N+](=O)[O-]. The lowest BCUT2D eigenvalue weighted by atomic mass is 10.2. The van der Waals surface area contributed by atoms with Crippen molar-refractivity contribution in [2.75, 3.05) is 19.0 Å². The summed E-state index contributed by atoms with van der Waals surface area (Å²) in [6, 6.07) is 6.59. The van der Waals surface area contributed by atoms with Gasteiger partial charge in [-0.1, -0.05) is 11.6 Å². The average molecular weight is 388 g/mol. The number of nitro groups is 1. The fraction of sp³-hybridized carbons (Fsp3) is 0.188. The number of anilines is 1. The Morgan fingerprint density at radius 3 is 2.50 bits per heavy atom. The minimum absolute atomic E-state index is 0.00807. The van der Waals surface area contributed by atoms with Crippen LogP contribution in [0, 0.1) is 10.1 Å². The molecule has 0 bridgehead atoms. The summed E-state index contributed by atoms with van der Waals surface area (Å²) in [5.74, 6) is 0.162. The lowest BCUT2D eigenvalue weighted by Gasteiger charge is -2.15. The molecule has 0 unspecified atom stereocenters. The van der Waals surface area contributed by atoms with Crippen molar-refractivity contribution in [2.45, 2.75) is 6.18 Å². The molecule has 6 nitrogen and oxygen atoms in total. The highest BCUT2D eigenvalue weighted by molar-refractivity contribution is 6.32. The molecule has 2 aromatic rings. The van der Waals surface area contributed by atoms with Gasteiger partial charge in [-0.25, -0.2) is 0 Å². The predicted octanol–water partition coefficient (Wildman–Crippen LogP) is 5.15. The summed E-state index contributed by atoms with van der Waals surface area (Å²) in [6.45, 7) is 0. The molecule has 0 atom stereocenters. The van der Waals surface area contributed by atoms with E-state index in [9.17, 15) is 23.3 Å². The second-order valence-corrected chi connectivity index (χ2v) is 5.54. The van der Waals surface area contributed by atoms with Gasteiger partial charge in [0.05, 0.1) is 21.8 Å². The topological polar surface area (TPSA) is 68.0 Å². The normalized spacial score (nSPS) is 11.6. The molecule has 0 N–H and O–H groups in total. The van der Waals surface area contributed by atoms with E-state index in [1.807, 2.05) is 0 Å². The van der Waals surface area contributed by atoms with Gasteiger partial charge in [-0.05, 0) is 24.3 Å². The second kappa shape index (κ2) is 7.61. The minimum atomic E-state index is -4.52. The van der Waals surface area contributed by atoms with E-state index in [0.717, 1.165) is 18.2 Å². The molecular weight excluding hydrogens is 375 g/mol. The molecule has 0 radical (unpaired) electrons. The summed E-state index contributed by atoms with van der Waals surface area (Å²) in [7, 11) is 3.06. The Labute approximate surface area is 151 Å². The smallest absolute Gasteiger partial charge is 0.416 e. The van der Waals surface area contributed by atoms with Gasteiger partial charge in [0, 0.05) is 26.2 Å². The molecule has 10 heteroatoms. The number of nitro benzene ring substituents is 1. The van der Waals surface area contributed by atoms with E-state index in [-0.39, 0.29) is 27.9 Å². The molecule has 2 aromatic carbocycles. The standard InChI is InChI=1S/C16H13ClF3N3O3/c1-21-9-22(2)14-8-11(4-5-13(14)23(24)25)26-15-6-3-10(7-12(15)17)16(18,19)20/h3-9H,1-2H3. The maximum absolute atomic E-state index is 12.7. The van der Waals surface area contributed by atoms with Crippen LogP contribution in [0.3, 0.4) is 0 Å². The number of hydrogen-bond acceptors (Lipinski definition) is 4. The van der Waals surface area contributed by atoms with Crippen LogP contribution < -0.4 is 9.64 Å². The number of nitrogens with zero attached hydrogens (tertiary/aromatic N) is 3. The van der Waals surface area contributed by atoms with E-state index in [1.54, 1.807) is 7.05 Å². The number of ether oxygens (including phenoxy) is 1. The third kappa shape index (κ3) is 4.42. The highest BCUT2D eigenvalue weighted by Crippen LogP contribution is 2.38. The van der Waals surface area contributed by atoms with Gasteiger partial charge in [0.15, 0.2) is 0 Å². The Balaban J connectivity index is 2.38. The molecule has 0 amide bonds. The molecule has 0 saturated carbocycles. The maximum atomic E-state index is 12.7. The lowest BCUT2D eigenvalue weighted by molar-refractivity contribution is -0.384. The largest absolute Gasteiger partial charge is 0.456 e. The van der Waals surface area contributed by atoms with Crippen LogP contribution >= 0.6 is 11.6 Å². The number of hydrogen-bond donors (Lipinski definition) is 0. The van der Waals surface area contributed by atoms with E-state index < -0.39 is 16.7 Å². The van der Waals surface area contributed by atoms with Crippen LogP contribution in [0.5, 0.6) is 11.5 Å². The van der Waals surface area contributed by atoms with Crippen molar-refractivity contribution in [1.29, 1.82) is 0 Å². The number of halogens is 4. The van der Waals surface area contributed by atoms with Crippen molar-refractivity contribution in [2.24, 2.45) is 4.99 Å². The van der Waals surface area contributed by atoms with Crippen molar-refractivity contribution >= 4 is 29.3 Å². The number of alkyl halides is 3. The first-order valence-electron chi connectivity index (χ1n) is 7.11. The van der Waals surface area contributed by atoms with E-state index in [4.69, 9.17) is 16.3 Å². The number of benzene rings is 2. The minimum Gasteiger partial charge on any atom is -0.456 e. The number of aliphatic imine (C=N–C) groups is 1. The summed E-state index contributed by atoms with van der Waals surface area (Å²) in [5, 5.41) is 10.9. The Kier molecular flexibility index (Phi) is 5.71. The zero-order valence-electron chi connectivity index (χ0n) is 13.6. The molecule has 0 heterocycles. The zero-order valence-corrected chi connectivity index (χ0v) is 14.4. The fourth-order valence-electron chi connectivity index (χ4n) is 2.13. The van der Waals surface area contributed by atoms with Gasteiger partial charge in [0.1, 0.15) is 17.2 Å². The van der Waals surface area contributed by atoms with Crippen LogP contribution in [0.15, 0.2) is 41.4 Å². The van der Waals surface area contributed by atoms with Gasteiger partial charge >= 0.3 is 6.18 Å². The third-order valence-electron chi connectivity index (χ3n) is 3.30. The van der Waals surface area contributed by atoms with E-state index in [2.05, 4.69) is 4.99 Å². The summed E-state index contributed by atoms with van der Waals surface area (Å²) < 4.78 is 43.5. The Morgan fingerprint density at radius 2 is 1.96 bits per heavy atom. The van der Waals surface area contributed by atoms with E-state index in [1.165, 1.54) is 36.5 Å². The van der Waals surface area contributed by atoms with E-state index >= 15 is 0 Å². The predicted molar refractivity (Wildman–Crippen MR) is 92.4 cm³/mol. The lowest BCUT2D eigenvalue weighted by Crippen LogP contribution is -2.15. The van der Waals surface area contributed by atoms with Crippen LogP contribution in [0.4, 0.5) is 24.5 Å². The first kappa shape index (κ1) is 19.5. The summed E-state index contributed by atoms with van der Waals surface area (Å²) >= 11 is 5.85.